The highest BCUT2D eigenvalue weighted by atomic mass is 79.9. The van der Waals surface area contributed by atoms with Crippen LogP contribution in [-0.2, 0) is 28.5 Å². The summed E-state index contributed by atoms with van der Waals surface area (Å²) in [4.78, 5) is 23.0. The fraction of sp³-hybridized carbons (Fsp3) is 0.760. The second kappa shape index (κ2) is 21.7. The van der Waals surface area contributed by atoms with Gasteiger partial charge < -0.3 is 18.9 Å². The normalized spacial score (nSPS) is 17.1. The molecule has 2 fully saturated rings. The van der Waals surface area contributed by atoms with Crippen LogP contribution in [0.1, 0.15) is 66.2 Å². The second-order valence-electron chi connectivity index (χ2n) is 7.35. The van der Waals surface area contributed by atoms with Crippen LogP contribution in [0.15, 0.2) is 25.3 Å². The molecule has 0 aliphatic carbocycles. The van der Waals surface area contributed by atoms with E-state index in [1.165, 1.54) is 0 Å². The zero-order valence-electron chi connectivity index (χ0n) is 19.4. The molecule has 32 heavy (non-hydrogen) atoms. The molecule has 188 valence electrons. The van der Waals surface area contributed by atoms with Gasteiger partial charge in [-0.15, -0.1) is 13.2 Å². The molecule has 6 nitrogen and oxygen atoms in total. The van der Waals surface area contributed by atoms with Gasteiger partial charge in [0.2, 0.25) is 0 Å². The van der Waals surface area contributed by atoms with E-state index in [1.54, 1.807) is 0 Å². The van der Waals surface area contributed by atoms with Crippen molar-refractivity contribution in [1.82, 2.24) is 0 Å². The Balaban J connectivity index is 0. The number of hydrogen-bond donors (Lipinski definition) is 0. The number of carbonyl (C=O) groups is 2. The third-order valence-corrected chi connectivity index (χ3v) is 5.60. The standard InChI is InChI=1S/C12H20O3.C8H14O3.C4H7Br.CH4/c1-3-5-6-12(11(13)15-4-2)7-9-14-10-8-12;1-2-11-8(9)7-3-5-10-6-4-7;1-2-3-4-5;/h3H,1,4-10H2,2H3;7H,2-6H2,1H3;2H,1,3-4H2;1H4. The average Bonchev–Trinajstić information content (AvgIpc) is 2.80. The van der Waals surface area contributed by atoms with E-state index < -0.39 is 0 Å². The van der Waals surface area contributed by atoms with Gasteiger partial charge in [0.05, 0.1) is 24.5 Å². The molecule has 0 atom stereocenters. The molecule has 2 aliphatic heterocycles. The SMILES string of the molecule is C.C=CCCBr.C=CCCC1(C(=O)OCC)CCOCC1.CCOC(=O)C1CCOCC1. The van der Waals surface area contributed by atoms with Crippen molar-refractivity contribution in [2.75, 3.05) is 45.0 Å². The van der Waals surface area contributed by atoms with Crippen molar-refractivity contribution in [2.24, 2.45) is 11.3 Å². The van der Waals surface area contributed by atoms with E-state index in [1.807, 2.05) is 26.0 Å². The van der Waals surface area contributed by atoms with Crippen molar-refractivity contribution < 1.29 is 28.5 Å². The molecular weight excluding hydrogens is 476 g/mol. The first kappa shape index (κ1) is 33.0. The first-order valence-corrected chi connectivity index (χ1v) is 12.4. The fourth-order valence-corrected chi connectivity index (χ4v) is 3.58. The summed E-state index contributed by atoms with van der Waals surface area (Å²) in [6, 6.07) is 0. The van der Waals surface area contributed by atoms with Crippen molar-refractivity contribution >= 4 is 27.9 Å². The molecule has 7 heteroatoms. The quantitative estimate of drug-likeness (QED) is 0.214. The topological polar surface area (TPSA) is 71.1 Å². The highest BCUT2D eigenvalue weighted by Gasteiger charge is 2.40. The number of allylic oxidation sites excluding steroid dienone is 2. The number of hydrogen-bond acceptors (Lipinski definition) is 6. The lowest BCUT2D eigenvalue weighted by Crippen LogP contribution is -2.38. The van der Waals surface area contributed by atoms with E-state index in [0.717, 1.165) is 50.3 Å². The molecule has 0 unspecified atom stereocenters. The van der Waals surface area contributed by atoms with Crippen LogP contribution in [-0.4, -0.2) is 56.9 Å². The minimum absolute atomic E-state index is 0. The largest absolute Gasteiger partial charge is 0.466 e. The van der Waals surface area contributed by atoms with Crippen molar-refractivity contribution in [3.05, 3.63) is 25.3 Å². The fourth-order valence-electron chi connectivity index (χ4n) is 3.25. The summed E-state index contributed by atoms with van der Waals surface area (Å²) < 4.78 is 20.5. The summed E-state index contributed by atoms with van der Waals surface area (Å²) in [6.07, 6.45) is 9.69. The molecule has 2 saturated heterocycles. The van der Waals surface area contributed by atoms with Gasteiger partial charge in [-0.3, -0.25) is 9.59 Å². The van der Waals surface area contributed by atoms with E-state index >= 15 is 0 Å². The van der Waals surface area contributed by atoms with E-state index in [4.69, 9.17) is 18.9 Å². The molecule has 0 aromatic heterocycles. The van der Waals surface area contributed by atoms with Crippen LogP contribution in [0.3, 0.4) is 0 Å². The molecule has 0 N–H and O–H groups in total. The third kappa shape index (κ3) is 14.1. The molecule has 0 amide bonds. The van der Waals surface area contributed by atoms with Gasteiger partial charge in [-0.1, -0.05) is 35.5 Å². The summed E-state index contributed by atoms with van der Waals surface area (Å²) in [7, 11) is 0. The van der Waals surface area contributed by atoms with Crippen LogP contribution < -0.4 is 0 Å². The van der Waals surface area contributed by atoms with Crippen molar-refractivity contribution in [3.8, 4) is 0 Å². The summed E-state index contributed by atoms with van der Waals surface area (Å²) in [5.74, 6) is -0.0327. The predicted octanol–water partition coefficient (Wildman–Crippen LogP) is 5.88. The Morgan fingerprint density at radius 2 is 1.50 bits per heavy atom. The maximum absolute atomic E-state index is 11.9. The van der Waals surface area contributed by atoms with Gasteiger partial charge in [0.15, 0.2) is 0 Å². The predicted molar refractivity (Wildman–Crippen MR) is 134 cm³/mol. The number of ether oxygens (including phenoxy) is 4. The Kier molecular flexibility index (Phi) is 22.3. The number of rotatable bonds is 9. The van der Waals surface area contributed by atoms with Gasteiger partial charge in [0, 0.05) is 31.8 Å². The number of carbonyl (C=O) groups excluding carboxylic acids is 2. The average molecular weight is 522 g/mol. The first-order chi connectivity index (χ1) is 15.0. The molecule has 2 aliphatic rings. The second-order valence-corrected chi connectivity index (χ2v) is 8.14. The molecule has 0 saturated carbocycles. The smallest absolute Gasteiger partial charge is 0.312 e. The van der Waals surface area contributed by atoms with E-state index in [0.29, 0.717) is 39.6 Å². The molecular formula is C25H45BrO6. The lowest BCUT2D eigenvalue weighted by molar-refractivity contribution is -0.162. The highest BCUT2D eigenvalue weighted by Crippen LogP contribution is 2.36. The monoisotopic (exact) mass is 520 g/mol. The van der Waals surface area contributed by atoms with Gasteiger partial charge in [-0.25, -0.2) is 0 Å². The van der Waals surface area contributed by atoms with Crippen LogP contribution >= 0.6 is 15.9 Å². The minimum Gasteiger partial charge on any atom is -0.466 e. The third-order valence-electron chi connectivity index (χ3n) is 5.14. The van der Waals surface area contributed by atoms with Gasteiger partial charge in [0.25, 0.3) is 0 Å². The maximum Gasteiger partial charge on any atom is 0.312 e. The molecule has 2 rings (SSSR count). The van der Waals surface area contributed by atoms with Crippen LogP contribution in [0.2, 0.25) is 0 Å². The Labute approximate surface area is 204 Å². The first-order valence-electron chi connectivity index (χ1n) is 11.3. The van der Waals surface area contributed by atoms with Crippen molar-refractivity contribution in [3.63, 3.8) is 0 Å². The van der Waals surface area contributed by atoms with Gasteiger partial charge in [0.1, 0.15) is 0 Å². The molecule has 0 bridgehead atoms. The van der Waals surface area contributed by atoms with Crippen LogP contribution in [0, 0.1) is 11.3 Å². The Bertz CT molecular complexity index is 497. The van der Waals surface area contributed by atoms with Crippen LogP contribution in [0.5, 0.6) is 0 Å². The zero-order chi connectivity index (χ0) is 23.4. The molecule has 0 spiro atoms. The summed E-state index contributed by atoms with van der Waals surface area (Å²) in [5.41, 5.74) is -0.317. The molecule has 0 radical (unpaired) electrons. The van der Waals surface area contributed by atoms with Gasteiger partial charge in [-0.2, -0.15) is 0 Å². The maximum atomic E-state index is 11.9. The van der Waals surface area contributed by atoms with E-state index in [9.17, 15) is 9.59 Å². The summed E-state index contributed by atoms with van der Waals surface area (Å²) >= 11 is 3.24. The highest BCUT2D eigenvalue weighted by molar-refractivity contribution is 9.09. The van der Waals surface area contributed by atoms with E-state index in [-0.39, 0.29) is 30.7 Å². The Morgan fingerprint density at radius 1 is 0.969 bits per heavy atom. The Hall–Kier alpha value is -1.18. The zero-order valence-corrected chi connectivity index (χ0v) is 21.0. The van der Waals surface area contributed by atoms with Crippen LogP contribution in [0.4, 0.5) is 0 Å². The lowest BCUT2D eigenvalue weighted by atomic mass is 9.76. The number of halogens is 1. The minimum atomic E-state index is -0.317. The number of esters is 2. The molecule has 2 heterocycles. The van der Waals surface area contributed by atoms with Crippen molar-refractivity contribution in [2.45, 2.75) is 66.2 Å². The van der Waals surface area contributed by atoms with Gasteiger partial charge in [-0.05, 0) is 58.8 Å². The Morgan fingerprint density at radius 3 is 1.94 bits per heavy atom. The van der Waals surface area contributed by atoms with Crippen LogP contribution in [0.25, 0.3) is 0 Å². The lowest BCUT2D eigenvalue weighted by Gasteiger charge is -2.34. The number of alkyl halides is 1. The molecule has 0 aromatic carbocycles. The summed E-state index contributed by atoms with van der Waals surface area (Å²) in [5, 5.41) is 1.04. The van der Waals surface area contributed by atoms with Gasteiger partial charge >= 0.3 is 11.9 Å². The van der Waals surface area contributed by atoms with Crippen molar-refractivity contribution in [1.29, 1.82) is 0 Å². The molecule has 0 aromatic rings. The summed E-state index contributed by atoms with van der Waals surface area (Å²) in [6.45, 7) is 14.6. The van der Waals surface area contributed by atoms with E-state index in [2.05, 4.69) is 29.1 Å².